The maximum atomic E-state index is 12.1. The number of nitrogens with zero attached hydrogens (tertiary/aromatic N) is 1. The Hall–Kier alpha value is -1.30. The first kappa shape index (κ1) is 20.0. The molecular formula is C19H31ClN4O. The second-order valence-electron chi connectivity index (χ2n) is 7.04. The van der Waals surface area contributed by atoms with Crippen molar-refractivity contribution in [3.8, 4) is 0 Å². The molecule has 1 atom stereocenters. The average Bonchev–Trinajstić information content (AvgIpc) is 2.63. The van der Waals surface area contributed by atoms with E-state index >= 15 is 0 Å². The first-order valence-electron chi connectivity index (χ1n) is 9.36. The molecule has 0 radical (unpaired) electrons. The van der Waals surface area contributed by atoms with Crippen molar-refractivity contribution in [1.29, 1.82) is 0 Å². The van der Waals surface area contributed by atoms with Crippen molar-refractivity contribution in [2.24, 2.45) is 5.92 Å². The topological polar surface area (TPSA) is 56.4 Å². The molecule has 140 valence electrons. The van der Waals surface area contributed by atoms with Crippen molar-refractivity contribution < 1.29 is 4.79 Å². The predicted molar refractivity (Wildman–Crippen MR) is 106 cm³/mol. The highest BCUT2D eigenvalue weighted by atomic mass is 35.5. The molecule has 0 aliphatic carbocycles. The summed E-state index contributed by atoms with van der Waals surface area (Å²) in [5.74, 6) is 0.810. The van der Waals surface area contributed by atoms with Gasteiger partial charge in [0.1, 0.15) is 0 Å². The summed E-state index contributed by atoms with van der Waals surface area (Å²) in [4.78, 5) is 14.7. The molecule has 2 heterocycles. The van der Waals surface area contributed by atoms with Crippen LogP contribution < -0.4 is 16.0 Å². The van der Waals surface area contributed by atoms with Crippen LogP contribution in [0.4, 0.5) is 10.5 Å². The zero-order valence-electron chi connectivity index (χ0n) is 14.9. The van der Waals surface area contributed by atoms with Crippen molar-refractivity contribution in [2.45, 2.75) is 38.1 Å². The predicted octanol–water partition coefficient (Wildman–Crippen LogP) is 3.08. The lowest BCUT2D eigenvalue weighted by atomic mass is 9.94. The number of hydrogen-bond acceptors (Lipinski definition) is 3. The molecule has 3 N–H and O–H groups in total. The summed E-state index contributed by atoms with van der Waals surface area (Å²) in [6.45, 7) is 5.41. The molecule has 0 bridgehead atoms. The minimum atomic E-state index is -0.103. The summed E-state index contributed by atoms with van der Waals surface area (Å²) in [5.41, 5.74) is 0.838. The van der Waals surface area contributed by atoms with Gasteiger partial charge in [-0.3, -0.25) is 4.90 Å². The molecule has 2 fully saturated rings. The van der Waals surface area contributed by atoms with Gasteiger partial charge in [-0.2, -0.15) is 0 Å². The standard InChI is InChI=1S/C19H30N4O.ClH/c24-19(22-17-6-2-1-3-7-17)21-14-18-8-4-5-13-23(18)15-16-9-11-20-12-10-16;/h1-3,6-7,16,18,20H,4-5,8-15H2,(H2,21,22,24);1H. The minimum absolute atomic E-state index is 0. The van der Waals surface area contributed by atoms with Crippen molar-refractivity contribution in [3.63, 3.8) is 0 Å². The number of carbonyl (C=O) groups excluding carboxylic acids is 1. The van der Waals surface area contributed by atoms with Crippen LogP contribution in [0.25, 0.3) is 0 Å². The van der Waals surface area contributed by atoms with Crippen molar-refractivity contribution in [2.75, 3.05) is 38.0 Å². The molecular weight excluding hydrogens is 336 g/mol. The Labute approximate surface area is 157 Å². The van der Waals surface area contributed by atoms with Gasteiger partial charge in [0.15, 0.2) is 0 Å². The molecule has 2 aliphatic rings. The lowest BCUT2D eigenvalue weighted by Crippen LogP contribution is -2.49. The molecule has 2 saturated heterocycles. The van der Waals surface area contributed by atoms with Gasteiger partial charge in [0.05, 0.1) is 0 Å². The molecule has 0 spiro atoms. The van der Waals surface area contributed by atoms with Gasteiger partial charge >= 0.3 is 6.03 Å². The summed E-state index contributed by atoms with van der Waals surface area (Å²) in [6.07, 6.45) is 6.32. The van der Waals surface area contributed by atoms with Crippen molar-refractivity contribution in [3.05, 3.63) is 30.3 Å². The number of anilines is 1. The highest BCUT2D eigenvalue weighted by molar-refractivity contribution is 5.89. The van der Waals surface area contributed by atoms with Crippen LogP contribution in [0.5, 0.6) is 0 Å². The lowest BCUT2D eigenvalue weighted by molar-refractivity contribution is 0.115. The van der Waals surface area contributed by atoms with Crippen LogP contribution in [-0.4, -0.2) is 49.7 Å². The highest BCUT2D eigenvalue weighted by Crippen LogP contribution is 2.21. The van der Waals surface area contributed by atoms with E-state index in [9.17, 15) is 4.79 Å². The number of urea groups is 1. The SMILES string of the molecule is Cl.O=C(NCC1CCCCN1CC1CCNCC1)Nc1ccccc1. The summed E-state index contributed by atoms with van der Waals surface area (Å²) >= 11 is 0. The van der Waals surface area contributed by atoms with Gasteiger partial charge in [-0.25, -0.2) is 4.79 Å². The van der Waals surface area contributed by atoms with Crippen LogP contribution in [0.3, 0.4) is 0 Å². The van der Waals surface area contributed by atoms with Crippen LogP contribution in [0.2, 0.25) is 0 Å². The molecule has 0 aromatic heterocycles. The van der Waals surface area contributed by atoms with Gasteiger partial charge < -0.3 is 16.0 Å². The first-order chi connectivity index (χ1) is 11.8. The average molecular weight is 367 g/mol. The van der Waals surface area contributed by atoms with E-state index in [0.717, 1.165) is 31.2 Å². The Morgan fingerprint density at radius 3 is 2.64 bits per heavy atom. The second-order valence-corrected chi connectivity index (χ2v) is 7.04. The smallest absolute Gasteiger partial charge is 0.319 e. The molecule has 1 unspecified atom stereocenters. The van der Waals surface area contributed by atoms with E-state index in [0.29, 0.717) is 6.04 Å². The fraction of sp³-hybridized carbons (Fsp3) is 0.632. The number of piperidine rings is 2. The number of amides is 2. The molecule has 6 heteroatoms. The summed E-state index contributed by atoms with van der Waals surface area (Å²) in [5, 5.41) is 9.41. The number of para-hydroxylation sites is 1. The quantitative estimate of drug-likeness (QED) is 0.750. The Bertz CT molecular complexity index is 507. The number of rotatable bonds is 5. The molecule has 0 saturated carbocycles. The molecule has 2 aliphatic heterocycles. The van der Waals surface area contributed by atoms with E-state index in [4.69, 9.17) is 0 Å². The van der Waals surface area contributed by atoms with Crippen LogP contribution >= 0.6 is 12.4 Å². The van der Waals surface area contributed by atoms with Crippen LogP contribution in [0.1, 0.15) is 32.1 Å². The fourth-order valence-corrected chi connectivity index (χ4v) is 3.83. The normalized spacial score (nSPS) is 22.0. The highest BCUT2D eigenvalue weighted by Gasteiger charge is 2.26. The summed E-state index contributed by atoms with van der Waals surface area (Å²) < 4.78 is 0. The van der Waals surface area contributed by atoms with Gasteiger partial charge in [0, 0.05) is 24.8 Å². The zero-order valence-corrected chi connectivity index (χ0v) is 15.7. The van der Waals surface area contributed by atoms with E-state index in [1.54, 1.807) is 0 Å². The van der Waals surface area contributed by atoms with Gasteiger partial charge in [0.25, 0.3) is 0 Å². The van der Waals surface area contributed by atoms with Crippen molar-refractivity contribution in [1.82, 2.24) is 15.5 Å². The third-order valence-electron chi connectivity index (χ3n) is 5.23. The van der Waals surface area contributed by atoms with Crippen LogP contribution in [0.15, 0.2) is 30.3 Å². The molecule has 25 heavy (non-hydrogen) atoms. The zero-order chi connectivity index (χ0) is 16.6. The Morgan fingerprint density at radius 1 is 1.12 bits per heavy atom. The Morgan fingerprint density at radius 2 is 1.88 bits per heavy atom. The number of likely N-dealkylation sites (tertiary alicyclic amines) is 1. The van der Waals surface area contributed by atoms with E-state index < -0.39 is 0 Å². The maximum absolute atomic E-state index is 12.1. The molecule has 1 aromatic carbocycles. The summed E-state index contributed by atoms with van der Waals surface area (Å²) in [6, 6.07) is 10.00. The van der Waals surface area contributed by atoms with Gasteiger partial charge in [-0.1, -0.05) is 24.6 Å². The number of carbonyl (C=O) groups is 1. The third-order valence-corrected chi connectivity index (χ3v) is 5.23. The van der Waals surface area contributed by atoms with E-state index in [-0.39, 0.29) is 18.4 Å². The molecule has 1 aromatic rings. The minimum Gasteiger partial charge on any atom is -0.336 e. The van der Waals surface area contributed by atoms with E-state index in [1.807, 2.05) is 30.3 Å². The van der Waals surface area contributed by atoms with Gasteiger partial charge in [-0.05, 0) is 63.4 Å². The lowest BCUT2D eigenvalue weighted by Gasteiger charge is -2.39. The summed E-state index contributed by atoms with van der Waals surface area (Å²) in [7, 11) is 0. The number of halogens is 1. The second kappa shape index (κ2) is 10.6. The number of benzene rings is 1. The first-order valence-corrected chi connectivity index (χ1v) is 9.36. The molecule has 3 rings (SSSR count). The fourth-order valence-electron chi connectivity index (χ4n) is 3.83. The van der Waals surface area contributed by atoms with E-state index in [2.05, 4.69) is 20.9 Å². The van der Waals surface area contributed by atoms with Crippen molar-refractivity contribution >= 4 is 24.1 Å². The molecule has 2 amide bonds. The van der Waals surface area contributed by atoms with Gasteiger partial charge in [0.2, 0.25) is 0 Å². The number of hydrogen-bond donors (Lipinski definition) is 3. The Kier molecular flexibility index (Phi) is 8.52. The third kappa shape index (κ3) is 6.49. The number of nitrogens with one attached hydrogen (secondary N) is 3. The van der Waals surface area contributed by atoms with Crippen LogP contribution in [0, 0.1) is 5.92 Å². The maximum Gasteiger partial charge on any atom is 0.319 e. The Balaban J connectivity index is 0.00000225. The van der Waals surface area contributed by atoms with Crippen LogP contribution in [-0.2, 0) is 0 Å². The van der Waals surface area contributed by atoms with Gasteiger partial charge in [-0.15, -0.1) is 12.4 Å². The van der Waals surface area contributed by atoms with E-state index in [1.165, 1.54) is 45.2 Å². The largest absolute Gasteiger partial charge is 0.336 e. The monoisotopic (exact) mass is 366 g/mol. The molecule has 5 nitrogen and oxygen atoms in total.